The molecule has 1 heterocycles. The standard InChI is InChI=1S/C17H20IN3/c1-17(2,3)14-13(18)15(19)21-16(20-14)12-7-5-4-6-11(12)10-8-9-10/h4-7,10H,8-9H2,1-3H3,(H2,19,20,21). The van der Waals surface area contributed by atoms with E-state index in [-0.39, 0.29) is 5.41 Å². The van der Waals surface area contributed by atoms with Crippen molar-refractivity contribution < 1.29 is 0 Å². The van der Waals surface area contributed by atoms with E-state index in [0.29, 0.717) is 11.7 Å². The van der Waals surface area contributed by atoms with Gasteiger partial charge in [0.1, 0.15) is 5.82 Å². The van der Waals surface area contributed by atoms with Crippen LogP contribution in [0.3, 0.4) is 0 Å². The van der Waals surface area contributed by atoms with Gasteiger partial charge in [-0.05, 0) is 46.9 Å². The monoisotopic (exact) mass is 393 g/mol. The van der Waals surface area contributed by atoms with Gasteiger partial charge >= 0.3 is 0 Å². The number of hydrogen-bond acceptors (Lipinski definition) is 3. The SMILES string of the molecule is CC(C)(C)c1nc(-c2ccccc2C2CC2)nc(N)c1I. The maximum Gasteiger partial charge on any atom is 0.162 e. The summed E-state index contributed by atoms with van der Waals surface area (Å²) in [6.45, 7) is 6.48. The summed E-state index contributed by atoms with van der Waals surface area (Å²) in [5.41, 5.74) is 9.61. The van der Waals surface area contributed by atoms with Crippen LogP contribution in [0.4, 0.5) is 5.82 Å². The molecular weight excluding hydrogens is 373 g/mol. The Morgan fingerprint density at radius 1 is 1.14 bits per heavy atom. The first kappa shape index (κ1) is 14.8. The lowest BCUT2D eigenvalue weighted by Crippen LogP contribution is -2.18. The molecule has 1 aliphatic rings. The summed E-state index contributed by atoms with van der Waals surface area (Å²) in [5, 5.41) is 0. The summed E-state index contributed by atoms with van der Waals surface area (Å²) >= 11 is 2.25. The van der Waals surface area contributed by atoms with Crippen LogP contribution in [0.1, 0.15) is 50.8 Å². The van der Waals surface area contributed by atoms with Gasteiger partial charge in [0.05, 0.1) is 9.26 Å². The zero-order valence-corrected chi connectivity index (χ0v) is 14.8. The molecule has 0 saturated heterocycles. The number of nitrogens with two attached hydrogens (primary N) is 1. The predicted molar refractivity (Wildman–Crippen MR) is 95.3 cm³/mol. The Balaban J connectivity index is 2.18. The number of benzene rings is 1. The molecule has 2 N–H and O–H groups in total. The second-order valence-corrected chi connectivity index (χ2v) is 7.79. The molecule has 0 spiro atoms. The van der Waals surface area contributed by atoms with E-state index >= 15 is 0 Å². The quantitative estimate of drug-likeness (QED) is 0.765. The summed E-state index contributed by atoms with van der Waals surface area (Å²) in [5.74, 6) is 2.01. The molecule has 0 amide bonds. The van der Waals surface area contributed by atoms with Crippen molar-refractivity contribution in [3.05, 3.63) is 39.1 Å². The van der Waals surface area contributed by atoms with Crippen molar-refractivity contribution in [2.24, 2.45) is 0 Å². The zero-order valence-electron chi connectivity index (χ0n) is 12.7. The molecule has 3 rings (SSSR count). The maximum atomic E-state index is 6.14. The maximum absolute atomic E-state index is 6.14. The molecule has 1 fully saturated rings. The third-order valence-corrected chi connectivity index (χ3v) is 4.87. The first-order valence-electron chi connectivity index (χ1n) is 7.30. The molecule has 1 aromatic heterocycles. The fourth-order valence-electron chi connectivity index (χ4n) is 2.53. The molecule has 110 valence electrons. The van der Waals surface area contributed by atoms with Crippen LogP contribution in [0.2, 0.25) is 0 Å². The van der Waals surface area contributed by atoms with E-state index < -0.39 is 0 Å². The Morgan fingerprint density at radius 3 is 2.43 bits per heavy atom. The number of rotatable bonds is 2. The van der Waals surface area contributed by atoms with E-state index in [4.69, 9.17) is 10.7 Å². The average molecular weight is 393 g/mol. The van der Waals surface area contributed by atoms with Crippen molar-refractivity contribution in [3.8, 4) is 11.4 Å². The lowest BCUT2D eigenvalue weighted by molar-refractivity contribution is 0.564. The van der Waals surface area contributed by atoms with Gasteiger partial charge in [-0.25, -0.2) is 9.97 Å². The van der Waals surface area contributed by atoms with Crippen molar-refractivity contribution in [2.75, 3.05) is 5.73 Å². The molecule has 1 saturated carbocycles. The largest absolute Gasteiger partial charge is 0.383 e. The highest BCUT2D eigenvalue weighted by Gasteiger charge is 2.28. The topological polar surface area (TPSA) is 51.8 Å². The number of nitrogen functional groups attached to an aromatic ring is 1. The van der Waals surface area contributed by atoms with Gasteiger partial charge in [0, 0.05) is 11.0 Å². The molecule has 0 radical (unpaired) electrons. The Labute approximate surface area is 139 Å². The first-order chi connectivity index (χ1) is 9.88. The molecule has 4 heteroatoms. The van der Waals surface area contributed by atoms with Gasteiger partial charge in [0.25, 0.3) is 0 Å². The van der Waals surface area contributed by atoms with E-state index in [0.717, 1.165) is 20.7 Å². The summed E-state index contributed by atoms with van der Waals surface area (Å²) in [4.78, 5) is 9.39. The van der Waals surface area contributed by atoms with Crippen LogP contribution in [0.25, 0.3) is 11.4 Å². The highest BCUT2D eigenvalue weighted by atomic mass is 127. The van der Waals surface area contributed by atoms with Crippen LogP contribution in [0.15, 0.2) is 24.3 Å². The number of aromatic nitrogens is 2. The van der Waals surface area contributed by atoms with Gasteiger partial charge in [0.2, 0.25) is 0 Å². The number of hydrogen-bond donors (Lipinski definition) is 1. The minimum absolute atomic E-state index is 0.0448. The molecule has 0 bridgehead atoms. The lowest BCUT2D eigenvalue weighted by atomic mass is 9.91. The van der Waals surface area contributed by atoms with E-state index in [1.165, 1.54) is 18.4 Å². The van der Waals surface area contributed by atoms with Crippen LogP contribution in [-0.2, 0) is 5.41 Å². The van der Waals surface area contributed by atoms with Crippen molar-refractivity contribution >= 4 is 28.4 Å². The summed E-state index contributed by atoms with van der Waals surface area (Å²) in [6.07, 6.45) is 2.53. The lowest BCUT2D eigenvalue weighted by Gasteiger charge is -2.21. The van der Waals surface area contributed by atoms with Crippen molar-refractivity contribution in [1.29, 1.82) is 0 Å². The Bertz CT molecular complexity index is 685. The molecule has 3 nitrogen and oxygen atoms in total. The van der Waals surface area contributed by atoms with Gasteiger partial charge in [0.15, 0.2) is 5.82 Å². The number of halogens is 1. The molecular formula is C17H20IN3. The molecule has 0 atom stereocenters. The Morgan fingerprint density at radius 2 is 1.81 bits per heavy atom. The molecule has 2 aromatic rings. The predicted octanol–water partition coefficient (Wildman–Crippen LogP) is 4.51. The van der Waals surface area contributed by atoms with Crippen molar-refractivity contribution in [1.82, 2.24) is 9.97 Å². The van der Waals surface area contributed by atoms with E-state index in [1.807, 2.05) is 0 Å². The molecule has 21 heavy (non-hydrogen) atoms. The molecule has 1 aromatic carbocycles. The van der Waals surface area contributed by atoms with Crippen LogP contribution >= 0.6 is 22.6 Å². The normalized spacial score (nSPS) is 15.2. The number of anilines is 1. The fourth-order valence-corrected chi connectivity index (χ4v) is 3.58. The average Bonchev–Trinajstić information content (AvgIpc) is 3.25. The number of nitrogens with zero attached hydrogens (tertiary/aromatic N) is 2. The highest BCUT2D eigenvalue weighted by molar-refractivity contribution is 14.1. The molecule has 0 unspecified atom stereocenters. The third-order valence-electron chi connectivity index (χ3n) is 3.81. The fraction of sp³-hybridized carbons (Fsp3) is 0.412. The van der Waals surface area contributed by atoms with Gasteiger partial charge in [-0.3, -0.25) is 0 Å². The van der Waals surface area contributed by atoms with Crippen molar-refractivity contribution in [2.45, 2.75) is 44.9 Å². The Kier molecular flexibility index (Phi) is 3.67. The van der Waals surface area contributed by atoms with Crippen LogP contribution in [0, 0.1) is 3.57 Å². The van der Waals surface area contributed by atoms with Crippen molar-refractivity contribution in [3.63, 3.8) is 0 Å². The van der Waals surface area contributed by atoms with Gasteiger partial charge < -0.3 is 5.73 Å². The second-order valence-electron chi connectivity index (χ2n) is 6.71. The smallest absolute Gasteiger partial charge is 0.162 e. The minimum atomic E-state index is -0.0448. The summed E-state index contributed by atoms with van der Waals surface area (Å²) < 4.78 is 0.966. The van der Waals surface area contributed by atoms with Gasteiger partial charge in [-0.1, -0.05) is 45.0 Å². The second kappa shape index (κ2) is 5.23. The van der Waals surface area contributed by atoms with Gasteiger partial charge in [-0.2, -0.15) is 0 Å². The van der Waals surface area contributed by atoms with Crippen LogP contribution < -0.4 is 5.73 Å². The first-order valence-corrected chi connectivity index (χ1v) is 8.38. The van der Waals surface area contributed by atoms with Crippen LogP contribution in [-0.4, -0.2) is 9.97 Å². The summed E-state index contributed by atoms with van der Waals surface area (Å²) in [6, 6.07) is 8.45. The third kappa shape index (κ3) is 2.91. The molecule has 1 aliphatic carbocycles. The van der Waals surface area contributed by atoms with E-state index in [9.17, 15) is 0 Å². The van der Waals surface area contributed by atoms with Gasteiger partial charge in [-0.15, -0.1) is 0 Å². The minimum Gasteiger partial charge on any atom is -0.383 e. The Hall–Kier alpha value is -1.17. The highest BCUT2D eigenvalue weighted by Crippen LogP contribution is 2.44. The van der Waals surface area contributed by atoms with E-state index in [1.54, 1.807) is 0 Å². The summed E-state index contributed by atoms with van der Waals surface area (Å²) in [7, 11) is 0. The van der Waals surface area contributed by atoms with Crippen LogP contribution in [0.5, 0.6) is 0 Å². The molecule has 0 aliphatic heterocycles. The zero-order chi connectivity index (χ0) is 15.2. The van der Waals surface area contributed by atoms with E-state index in [2.05, 4.69) is 72.6 Å².